The average molecular weight is 323 g/mol. The second-order valence-corrected chi connectivity index (χ2v) is 6.26. The number of sulfonamides is 1. The van der Waals surface area contributed by atoms with Gasteiger partial charge in [-0.2, -0.15) is 0 Å². The van der Waals surface area contributed by atoms with Crippen LogP contribution in [0.15, 0.2) is 23.1 Å². The van der Waals surface area contributed by atoms with Gasteiger partial charge in [-0.3, -0.25) is 10.1 Å². The van der Waals surface area contributed by atoms with E-state index in [1.807, 2.05) is 0 Å². The molecule has 0 heterocycles. The van der Waals surface area contributed by atoms with Crippen molar-refractivity contribution in [2.45, 2.75) is 30.8 Å². The number of nitro benzene ring substituents is 1. The summed E-state index contributed by atoms with van der Waals surface area (Å²) >= 11 is 5.76. The molecule has 0 aliphatic heterocycles. The quantitative estimate of drug-likeness (QED) is 0.586. The SMILES string of the molecule is CCC(O)CCNS(=O)(=O)c1cc([N+](=O)[O-])ccc1Cl. The number of benzene rings is 1. The molecule has 7 nitrogen and oxygen atoms in total. The van der Waals surface area contributed by atoms with Gasteiger partial charge in [0.05, 0.1) is 16.0 Å². The van der Waals surface area contributed by atoms with Crippen molar-refractivity contribution in [2.24, 2.45) is 0 Å². The molecule has 1 unspecified atom stereocenters. The summed E-state index contributed by atoms with van der Waals surface area (Å²) in [5.41, 5.74) is -0.358. The van der Waals surface area contributed by atoms with Crippen LogP contribution in [0.5, 0.6) is 0 Å². The molecule has 0 saturated carbocycles. The van der Waals surface area contributed by atoms with Gasteiger partial charge in [0.1, 0.15) is 4.90 Å². The number of hydrogen-bond acceptors (Lipinski definition) is 5. The highest BCUT2D eigenvalue weighted by Gasteiger charge is 2.21. The number of nitrogens with zero attached hydrogens (tertiary/aromatic N) is 1. The normalized spacial score (nSPS) is 13.2. The zero-order valence-electron chi connectivity index (χ0n) is 10.7. The van der Waals surface area contributed by atoms with E-state index in [1.54, 1.807) is 6.92 Å². The smallest absolute Gasteiger partial charge is 0.270 e. The number of nitro groups is 1. The zero-order chi connectivity index (χ0) is 15.3. The van der Waals surface area contributed by atoms with Crippen LogP contribution in [-0.2, 0) is 10.0 Å². The Morgan fingerprint density at radius 1 is 1.50 bits per heavy atom. The first kappa shape index (κ1) is 16.8. The maximum absolute atomic E-state index is 12.0. The van der Waals surface area contributed by atoms with E-state index in [2.05, 4.69) is 4.72 Å². The summed E-state index contributed by atoms with van der Waals surface area (Å²) in [6.07, 6.45) is 0.167. The summed E-state index contributed by atoms with van der Waals surface area (Å²) < 4.78 is 26.2. The van der Waals surface area contributed by atoms with Crippen LogP contribution in [0.2, 0.25) is 5.02 Å². The minimum absolute atomic E-state index is 0.0242. The molecule has 1 aromatic rings. The minimum atomic E-state index is -3.95. The van der Waals surface area contributed by atoms with E-state index < -0.39 is 21.1 Å². The fourth-order valence-electron chi connectivity index (χ4n) is 1.45. The predicted molar refractivity (Wildman–Crippen MR) is 74.2 cm³/mol. The second-order valence-electron chi connectivity index (χ2n) is 4.12. The van der Waals surface area contributed by atoms with Gasteiger partial charge >= 0.3 is 0 Å². The number of rotatable bonds is 7. The van der Waals surface area contributed by atoms with Gasteiger partial charge in [-0.05, 0) is 18.9 Å². The highest BCUT2D eigenvalue weighted by atomic mass is 35.5. The van der Waals surface area contributed by atoms with Crippen LogP contribution in [0.3, 0.4) is 0 Å². The van der Waals surface area contributed by atoms with Gasteiger partial charge in [0.15, 0.2) is 0 Å². The van der Waals surface area contributed by atoms with E-state index in [1.165, 1.54) is 0 Å². The lowest BCUT2D eigenvalue weighted by molar-refractivity contribution is -0.385. The van der Waals surface area contributed by atoms with Crippen LogP contribution in [0.1, 0.15) is 19.8 Å². The lowest BCUT2D eigenvalue weighted by Crippen LogP contribution is -2.27. The van der Waals surface area contributed by atoms with Gasteiger partial charge < -0.3 is 5.11 Å². The maximum atomic E-state index is 12.0. The summed E-state index contributed by atoms with van der Waals surface area (Å²) in [5, 5.41) is 19.9. The molecule has 0 bridgehead atoms. The number of aliphatic hydroxyl groups is 1. The molecule has 1 atom stereocenters. The summed E-state index contributed by atoms with van der Waals surface area (Å²) in [7, 11) is -3.95. The zero-order valence-corrected chi connectivity index (χ0v) is 12.3. The molecule has 0 spiro atoms. The molecule has 20 heavy (non-hydrogen) atoms. The van der Waals surface area contributed by atoms with E-state index in [0.29, 0.717) is 6.42 Å². The second kappa shape index (κ2) is 6.98. The van der Waals surface area contributed by atoms with Crippen molar-refractivity contribution in [3.05, 3.63) is 33.3 Å². The lowest BCUT2D eigenvalue weighted by Gasteiger charge is -2.10. The van der Waals surface area contributed by atoms with Crippen LogP contribution in [0.4, 0.5) is 5.69 Å². The Balaban J connectivity index is 2.92. The van der Waals surface area contributed by atoms with Crippen molar-refractivity contribution in [2.75, 3.05) is 6.54 Å². The predicted octanol–water partition coefficient (Wildman–Crippen LogP) is 1.69. The molecule has 0 radical (unpaired) electrons. The van der Waals surface area contributed by atoms with Gasteiger partial charge in [-0.25, -0.2) is 13.1 Å². The van der Waals surface area contributed by atoms with E-state index in [9.17, 15) is 23.6 Å². The summed E-state index contributed by atoms with van der Waals surface area (Å²) in [5.74, 6) is 0. The third-order valence-electron chi connectivity index (χ3n) is 2.66. The first-order valence-corrected chi connectivity index (χ1v) is 7.75. The van der Waals surface area contributed by atoms with Gasteiger partial charge in [0, 0.05) is 18.7 Å². The Labute approximate surface area is 121 Å². The first-order chi connectivity index (χ1) is 9.27. The topological polar surface area (TPSA) is 110 Å². The molecule has 0 aliphatic carbocycles. The summed E-state index contributed by atoms with van der Waals surface area (Å²) in [6, 6.07) is 3.19. The fraction of sp³-hybridized carbons (Fsp3) is 0.455. The van der Waals surface area contributed by atoms with Gasteiger partial charge in [0.2, 0.25) is 10.0 Å². The van der Waals surface area contributed by atoms with Crippen molar-refractivity contribution >= 4 is 27.3 Å². The lowest BCUT2D eigenvalue weighted by atomic mass is 10.2. The third kappa shape index (κ3) is 4.41. The highest BCUT2D eigenvalue weighted by molar-refractivity contribution is 7.89. The Hall–Kier alpha value is -1.22. The van der Waals surface area contributed by atoms with E-state index in [4.69, 9.17) is 11.6 Å². The molecule has 1 rings (SSSR count). The Morgan fingerprint density at radius 3 is 2.70 bits per heavy atom. The van der Waals surface area contributed by atoms with Crippen molar-refractivity contribution in [3.63, 3.8) is 0 Å². The third-order valence-corrected chi connectivity index (χ3v) is 4.60. The summed E-state index contributed by atoms with van der Waals surface area (Å²) in [4.78, 5) is 9.60. The standard InChI is InChI=1S/C11H15ClN2O5S/c1-2-9(15)5-6-13-20(18,19)11-7-8(14(16)17)3-4-10(11)12/h3-4,7,9,13,15H,2,5-6H2,1H3. The Bertz CT molecular complexity index is 590. The molecule has 0 aliphatic rings. The number of halogens is 1. The van der Waals surface area contributed by atoms with Crippen molar-refractivity contribution in [1.29, 1.82) is 0 Å². The molecular weight excluding hydrogens is 308 g/mol. The number of hydrogen-bond donors (Lipinski definition) is 2. The minimum Gasteiger partial charge on any atom is -0.393 e. The van der Waals surface area contributed by atoms with Gasteiger partial charge in [-0.15, -0.1) is 0 Å². The van der Waals surface area contributed by atoms with Crippen LogP contribution in [-0.4, -0.2) is 31.1 Å². The molecule has 9 heteroatoms. The molecular formula is C11H15ClN2O5S. The van der Waals surface area contributed by atoms with Gasteiger partial charge in [0.25, 0.3) is 5.69 Å². The molecule has 0 amide bonds. The molecule has 2 N–H and O–H groups in total. The number of non-ortho nitro benzene ring substituents is 1. The average Bonchev–Trinajstić information content (AvgIpc) is 2.38. The van der Waals surface area contributed by atoms with E-state index in [-0.39, 0.29) is 28.6 Å². The summed E-state index contributed by atoms with van der Waals surface area (Å²) in [6.45, 7) is 1.80. The molecule has 0 fully saturated rings. The van der Waals surface area contributed by atoms with E-state index in [0.717, 1.165) is 18.2 Å². The highest BCUT2D eigenvalue weighted by Crippen LogP contribution is 2.25. The van der Waals surface area contributed by atoms with Crippen molar-refractivity contribution in [1.82, 2.24) is 4.72 Å². The van der Waals surface area contributed by atoms with Crippen LogP contribution < -0.4 is 4.72 Å². The monoisotopic (exact) mass is 322 g/mol. The molecule has 1 aromatic carbocycles. The molecule has 112 valence electrons. The molecule has 0 saturated heterocycles. The molecule has 0 aromatic heterocycles. The fourth-order valence-corrected chi connectivity index (χ4v) is 3.02. The first-order valence-electron chi connectivity index (χ1n) is 5.89. The van der Waals surface area contributed by atoms with Crippen molar-refractivity contribution < 1.29 is 18.4 Å². The van der Waals surface area contributed by atoms with Crippen LogP contribution in [0.25, 0.3) is 0 Å². The van der Waals surface area contributed by atoms with Crippen LogP contribution in [0, 0.1) is 10.1 Å². The maximum Gasteiger partial charge on any atom is 0.270 e. The Kier molecular flexibility index (Phi) is 5.88. The number of aliphatic hydroxyl groups excluding tert-OH is 1. The number of nitrogens with one attached hydrogen (secondary N) is 1. The Morgan fingerprint density at radius 2 is 2.15 bits per heavy atom. The van der Waals surface area contributed by atoms with Crippen LogP contribution >= 0.6 is 11.6 Å². The largest absolute Gasteiger partial charge is 0.393 e. The van der Waals surface area contributed by atoms with Crippen molar-refractivity contribution in [3.8, 4) is 0 Å². The van der Waals surface area contributed by atoms with E-state index >= 15 is 0 Å². The van der Waals surface area contributed by atoms with Gasteiger partial charge in [-0.1, -0.05) is 18.5 Å².